The van der Waals surface area contributed by atoms with E-state index in [1.54, 1.807) is 0 Å². The summed E-state index contributed by atoms with van der Waals surface area (Å²) in [4.78, 5) is 19.0. The summed E-state index contributed by atoms with van der Waals surface area (Å²) in [6, 6.07) is 1.32. The Balaban J connectivity index is 1.94. The van der Waals surface area contributed by atoms with Crippen LogP contribution in [0.2, 0.25) is 0 Å². The molecule has 0 amide bonds. The summed E-state index contributed by atoms with van der Waals surface area (Å²) in [7, 11) is 0. The summed E-state index contributed by atoms with van der Waals surface area (Å²) in [5.41, 5.74) is 0.0720. The molecule has 3 rings (SSSR count). The van der Waals surface area contributed by atoms with E-state index in [0.29, 0.717) is 5.82 Å². The molecule has 0 saturated heterocycles. The van der Waals surface area contributed by atoms with E-state index in [1.807, 2.05) is 6.92 Å². The van der Waals surface area contributed by atoms with Gasteiger partial charge in [-0.15, -0.1) is 11.3 Å². The van der Waals surface area contributed by atoms with Crippen LogP contribution in [0.5, 0.6) is 0 Å². The zero-order valence-corrected chi connectivity index (χ0v) is 13.2. The fourth-order valence-corrected chi connectivity index (χ4v) is 3.23. The first-order valence-corrected chi connectivity index (χ1v) is 8.01. The number of carboxylic acids is 1. The molecule has 2 N–H and O–H groups in total. The quantitative estimate of drug-likeness (QED) is 0.854. The lowest BCUT2D eigenvalue weighted by atomic mass is 9.78. The number of thiazole rings is 1. The molecule has 0 spiro atoms. The highest BCUT2D eigenvalue weighted by molar-refractivity contribution is 7.11. The van der Waals surface area contributed by atoms with Gasteiger partial charge in [0.25, 0.3) is 6.43 Å². The van der Waals surface area contributed by atoms with Crippen molar-refractivity contribution in [1.29, 1.82) is 0 Å². The van der Waals surface area contributed by atoms with Gasteiger partial charge in [0.1, 0.15) is 5.82 Å². The van der Waals surface area contributed by atoms with E-state index in [0.717, 1.165) is 30.6 Å². The maximum Gasteiger partial charge on any atom is 0.365 e. The number of aromatic nitrogens is 2. The third-order valence-corrected chi connectivity index (χ3v) is 4.85. The maximum absolute atomic E-state index is 13.4. The topological polar surface area (TPSA) is 75.1 Å². The fraction of sp³-hybridized carbons (Fsp3) is 0.400. The normalized spacial score (nSPS) is 16.2. The molecule has 0 bridgehead atoms. The average Bonchev–Trinajstić information content (AvgIpc) is 2.95. The number of carboxylic acid groups (broad SMARTS) is 1. The number of halogens is 2. The predicted octanol–water partition coefficient (Wildman–Crippen LogP) is 4.20. The van der Waals surface area contributed by atoms with E-state index in [-0.39, 0.29) is 27.4 Å². The Labute approximate surface area is 135 Å². The van der Waals surface area contributed by atoms with Gasteiger partial charge in [-0.25, -0.2) is 23.5 Å². The van der Waals surface area contributed by atoms with Gasteiger partial charge in [-0.1, -0.05) is 0 Å². The zero-order chi connectivity index (χ0) is 16.6. The first-order chi connectivity index (χ1) is 10.9. The van der Waals surface area contributed by atoms with Crippen molar-refractivity contribution in [2.45, 2.75) is 38.2 Å². The molecule has 1 aliphatic rings. The molecule has 122 valence electrons. The lowest BCUT2D eigenvalue weighted by Gasteiger charge is -2.39. The minimum Gasteiger partial charge on any atom is -0.476 e. The molecular weight excluding hydrogens is 324 g/mol. The number of aromatic carboxylic acids is 1. The van der Waals surface area contributed by atoms with E-state index in [9.17, 15) is 13.6 Å². The molecule has 1 fully saturated rings. The molecule has 0 aromatic carbocycles. The number of anilines is 1. The van der Waals surface area contributed by atoms with E-state index in [1.165, 1.54) is 17.6 Å². The fourth-order valence-electron chi connectivity index (χ4n) is 2.57. The Hall–Kier alpha value is -2.09. The molecule has 1 aliphatic carbocycles. The van der Waals surface area contributed by atoms with Crippen LogP contribution in [0.1, 0.15) is 48.0 Å². The summed E-state index contributed by atoms with van der Waals surface area (Å²) in [6.07, 6.45) is 1.70. The Bertz CT molecular complexity index is 744. The molecule has 0 atom stereocenters. The van der Waals surface area contributed by atoms with Crippen LogP contribution in [0.3, 0.4) is 0 Å². The predicted molar refractivity (Wildman–Crippen MR) is 83.1 cm³/mol. The minimum atomic E-state index is -2.70. The minimum absolute atomic E-state index is 0.0922. The summed E-state index contributed by atoms with van der Waals surface area (Å²) in [5, 5.41) is 13.4. The Morgan fingerprint density at radius 1 is 1.48 bits per heavy atom. The largest absolute Gasteiger partial charge is 0.476 e. The molecule has 8 heteroatoms. The van der Waals surface area contributed by atoms with Crippen molar-refractivity contribution < 1.29 is 18.7 Å². The van der Waals surface area contributed by atoms with Gasteiger partial charge in [-0.3, -0.25) is 0 Å². The highest BCUT2D eigenvalue weighted by Crippen LogP contribution is 2.37. The highest BCUT2D eigenvalue weighted by atomic mass is 32.1. The summed E-state index contributed by atoms with van der Waals surface area (Å²) in [5.74, 6) is -0.774. The summed E-state index contributed by atoms with van der Waals surface area (Å²) in [6.45, 7) is 2.04. The van der Waals surface area contributed by atoms with E-state index < -0.39 is 12.4 Å². The maximum atomic E-state index is 13.4. The van der Waals surface area contributed by atoms with Crippen LogP contribution in [-0.2, 0) is 0 Å². The van der Waals surface area contributed by atoms with Gasteiger partial charge in [0, 0.05) is 28.2 Å². The van der Waals surface area contributed by atoms with Crippen LogP contribution < -0.4 is 5.32 Å². The molecular formula is C15H15F2N3O2S. The van der Waals surface area contributed by atoms with Gasteiger partial charge < -0.3 is 10.4 Å². The zero-order valence-electron chi connectivity index (χ0n) is 12.3. The number of alkyl halides is 2. The SMILES string of the molecule is CC1(Nc2cc(C(F)F)c(-c3csc(C(=O)O)n3)cn2)CCC1. The second-order valence-electron chi connectivity index (χ2n) is 5.84. The average molecular weight is 339 g/mol. The van der Waals surface area contributed by atoms with Crippen molar-refractivity contribution in [3.63, 3.8) is 0 Å². The second-order valence-corrected chi connectivity index (χ2v) is 6.70. The second kappa shape index (κ2) is 5.84. The summed E-state index contributed by atoms with van der Waals surface area (Å²) >= 11 is 0.901. The third-order valence-electron chi connectivity index (χ3n) is 4.02. The lowest BCUT2D eigenvalue weighted by molar-refractivity contribution is 0.0696. The number of hydrogen-bond donors (Lipinski definition) is 2. The standard InChI is InChI=1S/C15H15F2N3O2S/c1-15(3-2-4-15)20-11-5-8(12(16)17)9(6-18-11)10-7-23-13(19-10)14(21)22/h5-7,12H,2-4H2,1H3,(H,18,20)(H,21,22). The van der Waals surface area contributed by atoms with E-state index in [4.69, 9.17) is 5.11 Å². The van der Waals surface area contributed by atoms with Gasteiger partial charge in [0.2, 0.25) is 5.01 Å². The van der Waals surface area contributed by atoms with Crippen molar-refractivity contribution in [3.05, 3.63) is 28.2 Å². The van der Waals surface area contributed by atoms with Crippen LogP contribution in [0.25, 0.3) is 11.3 Å². The van der Waals surface area contributed by atoms with Gasteiger partial charge in [0.15, 0.2) is 0 Å². The molecule has 0 radical (unpaired) electrons. The van der Waals surface area contributed by atoms with E-state index in [2.05, 4.69) is 15.3 Å². The number of nitrogens with zero attached hydrogens (tertiary/aromatic N) is 2. The molecule has 0 aliphatic heterocycles. The molecule has 5 nitrogen and oxygen atoms in total. The van der Waals surface area contributed by atoms with Gasteiger partial charge in [-0.05, 0) is 32.3 Å². The van der Waals surface area contributed by atoms with Crippen LogP contribution >= 0.6 is 11.3 Å². The van der Waals surface area contributed by atoms with Gasteiger partial charge >= 0.3 is 5.97 Å². The molecule has 23 heavy (non-hydrogen) atoms. The lowest BCUT2D eigenvalue weighted by Crippen LogP contribution is -2.41. The number of rotatable bonds is 5. The van der Waals surface area contributed by atoms with Crippen LogP contribution in [0.4, 0.5) is 14.6 Å². The van der Waals surface area contributed by atoms with Crippen LogP contribution in [0, 0.1) is 0 Å². The Morgan fingerprint density at radius 2 is 2.22 bits per heavy atom. The van der Waals surface area contributed by atoms with Crippen molar-refractivity contribution in [2.24, 2.45) is 0 Å². The molecule has 2 heterocycles. The van der Waals surface area contributed by atoms with E-state index >= 15 is 0 Å². The van der Waals surface area contributed by atoms with Crippen molar-refractivity contribution in [1.82, 2.24) is 9.97 Å². The van der Waals surface area contributed by atoms with Crippen LogP contribution in [-0.4, -0.2) is 26.6 Å². The third kappa shape index (κ3) is 3.17. The Kier molecular flexibility index (Phi) is 4.01. The van der Waals surface area contributed by atoms with Crippen molar-refractivity contribution in [2.75, 3.05) is 5.32 Å². The molecule has 2 aromatic heterocycles. The van der Waals surface area contributed by atoms with Crippen molar-refractivity contribution in [3.8, 4) is 11.3 Å². The van der Waals surface area contributed by atoms with Crippen LogP contribution in [0.15, 0.2) is 17.6 Å². The smallest absolute Gasteiger partial charge is 0.365 e. The molecule has 1 saturated carbocycles. The Morgan fingerprint density at radius 3 is 2.74 bits per heavy atom. The monoisotopic (exact) mass is 339 g/mol. The van der Waals surface area contributed by atoms with Crippen molar-refractivity contribution >= 4 is 23.1 Å². The van der Waals surface area contributed by atoms with Gasteiger partial charge in [0.05, 0.1) is 5.69 Å². The number of carbonyl (C=O) groups is 1. The number of hydrogen-bond acceptors (Lipinski definition) is 5. The molecule has 0 unspecified atom stereocenters. The first kappa shape index (κ1) is 15.8. The summed E-state index contributed by atoms with van der Waals surface area (Å²) < 4.78 is 26.8. The number of pyridine rings is 1. The highest BCUT2D eigenvalue weighted by Gasteiger charge is 2.32. The first-order valence-electron chi connectivity index (χ1n) is 7.13. The molecule has 2 aromatic rings. The van der Waals surface area contributed by atoms with Gasteiger partial charge in [-0.2, -0.15) is 0 Å². The number of nitrogens with one attached hydrogen (secondary N) is 1.